The molecule has 23 heavy (non-hydrogen) atoms. The van der Waals surface area contributed by atoms with Gasteiger partial charge in [0.05, 0.1) is 12.5 Å². The maximum Gasteiger partial charge on any atom is 0.231 e. The van der Waals surface area contributed by atoms with Crippen LogP contribution in [0, 0.1) is 5.92 Å². The second-order valence-corrected chi connectivity index (χ2v) is 6.50. The lowest BCUT2D eigenvalue weighted by atomic mass is 9.97. The number of carbonyl (C=O) groups is 2. The summed E-state index contributed by atoms with van der Waals surface area (Å²) in [6.45, 7) is 2.35. The van der Waals surface area contributed by atoms with Gasteiger partial charge in [0.1, 0.15) is 0 Å². The van der Waals surface area contributed by atoms with Crippen molar-refractivity contribution in [3.8, 4) is 0 Å². The smallest absolute Gasteiger partial charge is 0.231 e. The molecule has 1 aromatic rings. The number of nitrogens with two attached hydrogens (primary N) is 1. The number of hydrogen-bond acceptors (Lipinski definition) is 3. The van der Waals surface area contributed by atoms with Crippen LogP contribution in [-0.2, 0) is 16.0 Å². The zero-order valence-corrected chi connectivity index (χ0v) is 14.0. The standard InChI is InChI=1S/C17H24ClN3O2/c18-15-7-5-13(6-8-15)3-1-9-20-17(23)14-4-2-10-21(11-14)12-16(19)22/h5-8,14H,1-4,9-12H2,(H2,19,22)(H,20,23)/t14-/m1/s1. The molecule has 0 spiro atoms. The summed E-state index contributed by atoms with van der Waals surface area (Å²) in [5, 5.41) is 3.74. The Hall–Kier alpha value is -1.59. The number of primary amides is 1. The fourth-order valence-corrected chi connectivity index (χ4v) is 3.06. The van der Waals surface area contributed by atoms with E-state index in [0.717, 1.165) is 37.3 Å². The Morgan fingerprint density at radius 1 is 1.30 bits per heavy atom. The zero-order chi connectivity index (χ0) is 16.7. The SMILES string of the molecule is NC(=O)CN1CCC[C@@H](C(=O)NCCCc2ccc(Cl)cc2)C1. The molecule has 2 amide bonds. The lowest BCUT2D eigenvalue weighted by molar-refractivity contribution is -0.128. The first-order valence-electron chi connectivity index (χ1n) is 8.07. The molecular formula is C17H24ClN3O2. The highest BCUT2D eigenvalue weighted by molar-refractivity contribution is 6.30. The highest BCUT2D eigenvalue weighted by atomic mass is 35.5. The molecule has 0 bridgehead atoms. The predicted octanol–water partition coefficient (Wildman–Crippen LogP) is 1.59. The van der Waals surface area contributed by atoms with Crippen molar-refractivity contribution >= 4 is 23.4 Å². The van der Waals surface area contributed by atoms with E-state index < -0.39 is 0 Å². The number of amides is 2. The highest BCUT2D eigenvalue weighted by Gasteiger charge is 2.25. The maximum atomic E-state index is 12.2. The van der Waals surface area contributed by atoms with Gasteiger partial charge in [0, 0.05) is 18.1 Å². The van der Waals surface area contributed by atoms with Gasteiger partial charge in [-0.3, -0.25) is 14.5 Å². The van der Waals surface area contributed by atoms with Gasteiger partial charge in [-0.15, -0.1) is 0 Å². The number of hydrogen-bond donors (Lipinski definition) is 2. The number of nitrogens with one attached hydrogen (secondary N) is 1. The Kier molecular flexibility index (Phi) is 6.86. The molecule has 1 aromatic carbocycles. The minimum Gasteiger partial charge on any atom is -0.369 e. The normalized spacial score (nSPS) is 18.6. The van der Waals surface area contributed by atoms with Gasteiger partial charge in [-0.05, 0) is 49.9 Å². The van der Waals surface area contributed by atoms with Gasteiger partial charge in [0.15, 0.2) is 0 Å². The molecule has 1 atom stereocenters. The molecule has 1 aliphatic rings. The molecule has 0 aromatic heterocycles. The number of aryl methyl sites for hydroxylation is 1. The molecule has 0 saturated carbocycles. The first kappa shape index (κ1) is 17.8. The van der Waals surface area contributed by atoms with Crippen LogP contribution in [0.15, 0.2) is 24.3 Å². The van der Waals surface area contributed by atoms with Crippen molar-refractivity contribution < 1.29 is 9.59 Å². The fraction of sp³-hybridized carbons (Fsp3) is 0.529. The molecule has 1 fully saturated rings. The van der Waals surface area contributed by atoms with E-state index >= 15 is 0 Å². The third-order valence-electron chi connectivity index (χ3n) is 4.11. The summed E-state index contributed by atoms with van der Waals surface area (Å²) in [5.74, 6) is -0.303. The summed E-state index contributed by atoms with van der Waals surface area (Å²) >= 11 is 5.85. The Balaban J connectivity index is 1.67. The molecule has 1 aliphatic heterocycles. The summed E-state index contributed by atoms with van der Waals surface area (Å²) in [6, 6.07) is 7.77. The third-order valence-corrected chi connectivity index (χ3v) is 4.36. The lowest BCUT2D eigenvalue weighted by Gasteiger charge is -2.30. The van der Waals surface area contributed by atoms with Crippen molar-refractivity contribution in [3.05, 3.63) is 34.9 Å². The topological polar surface area (TPSA) is 75.4 Å². The predicted molar refractivity (Wildman–Crippen MR) is 91.1 cm³/mol. The maximum absolute atomic E-state index is 12.2. The Morgan fingerprint density at radius 2 is 2.04 bits per heavy atom. The Bertz CT molecular complexity index is 533. The van der Waals surface area contributed by atoms with E-state index in [2.05, 4.69) is 5.32 Å². The zero-order valence-electron chi connectivity index (χ0n) is 13.3. The number of benzene rings is 1. The Morgan fingerprint density at radius 3 is 2.74 bits per heavy atom. The highest BCUT2D eigenvalue weighted by Crippen LogP contribution is 2.16. The summed E-state index contributed by atoms with van der Waals surface area (Å²) in [4.78, 5) is 25.2. The van der Waals surface area contributed by atoms with E-state index in [1.54, 1.807) is 0 Å². The molecule has 6 heteroatoms. The van der Waals surface area contributed by atoms with Gasteiger partial charge in [-0.2, -0.15) is 0 Å². The van der Waals surface area contributed by atoms with Crippen LogP contribution in [0.4, 0.5) is 0 Å². The molecule has 3 N–H and O–H groups in total. The van der Waals surface area contributed by atoms with Crippen LogP contribution in [0.3, 0.4) is 0 Å². The summed E-state index contributed by atoms with van der Waals surface area (Å²) in [5.41, 5.74) is 6.43. The van der Waals surface area contributed by atoms with Crippen LogP contribution < -0.4 is 11.1 Å². The van der Waals surface area contributed by atoms with Gasteiger partial charge < -0.3 is 11.1 Å². The number of carbonyl (C=O) groups excluding carboxylic acids is 2. The fourth-order valence-electron chi connectivity index (χ4n) is 2.93. The average Bonchev–Trinajstić information content (AvgIpc) is 2.52. The molecule has 0 unspecified atom stereocenters. The van der Waals surface area contributed by atoms with Gasteiger partial charge in [-0.1, -0.05) is 23.7 Å². The van der Waals surface area contributed by atoms with E-state index in [-0.39, 0.29) is 24.3 Å². The second kappa shape index (κ2) is 8.89. The average molecular weight is 338 g/mol. The van der Waals surface area contributed by atoms with Crippen LogP contribution in [0.1, 0.15) is 24.8 Å². The first-order valence-corrected chi connectivity index (χ1v) is 8.45. The van der Waals surface area contributed by atoms with Crippen LogP contribution in [0.2, 0.25) is 5.02 Å². The second-order valence-electron chi connectivity index (χ2n) is 6.06. The van der Waals surface area contributed by atoms with Crippen LogP contribution in [-0.4, -0.2) is 42.9 Å². The number of likely N-dealkylation sites (tertiary alicyclic amines) is 1. The van der Waals surface area contributed by atoms with E-state index in [0.29, 0.717) is 13.1 Å². The number of rotatable bonds is 7. The molecule has 126 valence electrons. The van der Waals surface area contributed by atoms with E-state index in [9.17, 15) is 9.59 Å². The number of halogens is 1. The summed E-state index contributed by atoms with van der Waals surface area (Å²) in [6.07, 6.45) is 3.61. The number of piperidine rings is 1. The van der Waals surface area contributed by atoms with Gasteiger partial charge in [0.25, 0.3) is 0 Å². The van der Waals surface area contributed by atoms with Crippen molar-refractivity contribution in [1.29, 1.82) is 0 Å². The Labute approximate surface area is 142 Å². The summed E-state index contributed by atoms with van der Waals surface area (Å²) < 4.78 is 0. The molecule has 0 aliphatic carbocycles. The minimum atomic E-state index is -0.339. The van der Waals surface area contributed by atoms with Crippen molar-refractivity contribution in [2.45, 2.75) is 25.7 Å². The molecule has 1 saturated heterocycles. The van der Waals surface area contributed by atoms with Crippen molar-refractivity contribution in [1.82, 2.24) is 10.2 Å². The van der Waals surface area contributed by atoms with Crippen molar-refractivity contribution in [2.75, 3.05) is 26.2 Å². The van der Waals surface area contributed by atoms with Crippen LogP contribution in [0.25, 0.3) is 0 Å². The van der Waals surface area contributed by atoms with E-state index in [1.807, 2.05) is 29.2 Å². The van der Waals surface area contributed by atoms with E-state index in [1.165, 1.54) is 5.56 Å². The molecule has 5 nitrogen and oxygen atoms in total. The minimum absolute atomic E-state index is 0.0429. The van der Waals surface area contributed by atoms with Crippen molar-refractivity contribution in [3.63, 3.8) is 0 Å². The van der Waals surface area contributed by atoms with Gasteiger partial charge >= 0.3 is 0 Å². The molecular weight excluding hydrogens is 314 g/mol. The lowest BCUT2D eigenvalue weighted by Crippen LogP contribution is -2.45. The molecule has 0 radical (unpaired) electrons. The van der Waals surface area contributed by atoms with Gasteiger partial charge in [-0.25, -0.2) is 0 Å². The molecule has 1 heterocycles. The van der Waals surface area contributed by atoms with Crippen LogP contribution >= 0.6 is 11.6 Å². The summed E-state index contributed by atoms with van der Waals surface area (Å²) in [7, 11) is 0. The van der Waals surface area contributed by atoms with Crippen LogP contribution in [0.5, 0.6) is 0 Å². The van der Waals surface area contributed by atoms with Crippen molar-refractivity contribution in [2.24, 2.45) is 11.7 Å². The largest absolute Gasteiger partial charge is 0.369 e. The quantitative estimate of drug-likeness (QED) is 0.742. The first-order chi connectivity index (χ1) is 11.0. The van der Waals surface area contributed by atoms with E-state index in [4.69, 9.17) is 17.3 Å². The monoisotopic (exact) mass is 337 g/mol. The molecule has 2 rings (SSSR count). The van der Waals surface area contributed by atoms with Gasteiger partial charge in [0.2, 0.25) is 11.8 Å². The third kappa shape index (κ3) is 6.20. The number of nitrogens with zero attached hydrogens (tertiary/aromatic N) is 1.